The van der Waals surface area contributed by atoms with Gasteiger partial charge in [0.15, 0.2) is 0 Å². The molecule has 1 aliphatic heterocycles. The number of amides is 1. The van der Waals surface area contributed by atoms with Crippen LogP contribution in [0.15, 0.2) is 60.7 Å². The predicted octanol–water partition coefficient (Wildman–Crippen LogP) is 6.01. The van der Waals surface area contributed by atoms with Crippen LogP contribution in [0.1, 0.15) is 46.7 Å². The van der Waals surface area contributed by atoms with Crippen molar-refractivity contribution in [2.45, 2.75) is 32.0 Å². The molecule has 4 rings (SSSR count). The van der Waals surface area contributed by atoms with Crippen molar-refractivity contribution >= 4 is 17.3 Å². The molecule has 1 amide bonds. The zero-order chi connectivity index (χ0) is 22.9. The number of nitrogens with zero attached hydrogens (tertiary/aromatic N) is 2. The van der Waals surface area contributed by atoms with Crippen LogP contribution in [0.2, 0.25) is 0 Å². The maximum atomic E-state index is 13.1. The number of aryl methyl sites for hydroxylation is 1. The summed E-state index contributed by atoms with van der Waals surface area (Å²) < 4.78 is 52.3. The Morgan fingerprint density at radius 3 is 2.56 bits per heavy atom. The van der Waals surface area contributed by atoms with Gasteiger partial charge < -0.3 is 10.2 Å². The molecule has 0 spiro atoms. The van der Waals surface area contributed by atoms with Crippen LogP contribution in [-0.4, -0.2) is 17.4 Å². The minimum atomic E-state index is -4.51. The number of alkyl halides is 3. The lowest BCUT2D eigenvalue weighted by Gasteiger charge is -2.30. The van der Waals surface area contributed by atoms with Gasteiger partial charge in [0.05, 0.1) is 28.7 Å². The molecule has 8 heteroatoms. The summed E-state index contributed by atoms with van der Waals surface area (Å²) in [5.74, 6) is -0.801. The molecule has 2 aromatic carbocycles. The molecule has 0 radical (unpaired) electrons. The third-order valence-corrected chi connectivity index (χ3v) is 5.41. The third kappa shape index (κ3) is 4.59. The number of nitrogens with one attached hydrogen (secondary N) is 1. The van der Waals surface area contributed by atoms with Crippen molar-refractivity contribution in [1.29, 1.82) is 0 Å². The van der Waals surface area contributed by atoms with Gasteiger partial charge in [0.25, 0.3) is 5.91 Å². The van der Waals surface area contributed by atoms with E-state index >= 15 is 0 Å². The average Bonchev–Trinajstić information content (AvgIpc) is 2.79. The first-order valence-electron chi connectivity index (χ1n) is 10.2. The van der Waals surface area contributed by atoms with Crippen LogP contribution < -0.4 is 10.2 Å². The highest BCUT2D eigenvalue weighted by atomic mass is 19.4. The second kappa shape index (κ2) is 8.61. The summed E-state index contributed by atoms with van der Waals surface area (Å²) in [5.41, 5.74) is 1.97. The molecule has 1 atom stereocenters. The molecule has 1 unspecified atom stereocenters. The Morgan fingerprint density at radius 1 is 1.09 bits per heavy atom. The number of carbonyl (C=O) groups is 1. The van der Waals surface area contributed by atoms with E-state index in [1.807, 2.05) is 6.92 Å². The van der Waals surface area contributed by atoms with E-state index in [2.05, 4.69) is 5.32 Å². The summed E-state index contributed by atoms with van der Waals surface area (Å²) in [5, 5.41) is 3.26. The van der Waals surface area contributed by atoms with Gasteiger partial charge in [-0.05, 0) is 74.4 Å². The van der Waals surface area contributed by atoms with Gasteiger partial charge in [0.2, 0.25) is 0 Å². The normalized spacial score (nSPS) is 14.6. The zero-order valence-electron chi connectivity index (χ0n) is 17.3. The van der Waals surface area contributed by atoms with E-state index in [9.17, 15) is 22.4 Å². The van der Waals surface area contributed by atoms with E-state index in [4.69, 9.17) is 4.98 Å². The third-order valence-electron chi connectivity index (χ3n) is 5.41. The van der Waals surface area contributed by atoms with Gasteiger partial charge in [-0.25, -0.2) is 4.39 Å². The zero-order valence-corrected chi connectivity index (χ0v) is 17.3. The summed E-state index contributed by atoms with van der Waals surface area (Å²) in [6.07, 6.45) is -3.19. The Labute approximate surface area is 182 Å². The molecular formula is C24H21F4N3O. The van der Waals surface area contributed by atoms with E-state index in [0.717, 1.165) is 29.2 Å². The Bertz CT molecular complexity index is 1130. The van der Waals surface area contributed by atoms with Crippen molar-refractivity contribution in [1.82, 2.24) is 4.98 Å². The fourth-order valence-corrected chi connectivity index (χ4v) is 3.77. The lowest BCUT2D eigenvalue weighted by molar-refractivity contribution is -0.137. The molecular weight excluding hydrogens is 422 g/mol. The number of carbonyl (C=O) groups excluding carboxylic acids is 1. The number of hydrogen-bond acceptors (Lipinski definition) is 3. The van der Waals surface area contributed by atoms with Crippen LogP contribution in [0.3, 0.4) is 0 Å². The average molecular weight is 443 g/mol. The highest BCUT2D eigenvalue weighted by molar-refractivity contribution is 6.06. The minimum absolute atomic E-state index is 0.0110. The van der Waals surface area contributed by atoms with E-state index in [1.165, 1.54) is 29.2 Å². The second-order valence-corrected chi connectivity index (χ2v) is 7.71. The minimum Gasteiger partial charge on any atom is -0.377 e. The predicted molar refractivity (Wildman–Crippen MR) is 114 cm³/mol. The lowest BCUT2D eigenvalue weighted by atomic mass is 10.0. The van der Waals surface area contributed by atoms with Gasteiger partial charge >= 0.3 is 6.18 Å². The molecule has 1 N–H and O–H groups in total. The van der Waals surface area contributed by atoms with E-state index in [-0.39, 0.29) is 17.4 Å². The van der Waals surface area contributed by atoms with Crippen LogP contribution in [0.4, 0.5) is 28.9 Å². The van der Waals surface area contributed by atoms with E-state index in [0.29, 0.717) is 25.1 Å². The topological polar surface area (TPSA) is 45.2 Å². The molecule has 3 aromatic rings. The van der Waals surface area contributed by atoms with Crippen molar-refractivity contribution in [2.75, 3.05) is 16.8 Å². The second-order valence-electron chi connectivity index (χ2n) is 7.71. The van der Waals surface area contributed by atoms with Crippen LogP contribution in [0.25, 0.3) is 0 Å². The lowest BCUT2D eigenvalue weighted by Crippen LogP contribution is -2.36. The van der Waals surface area contributed by atoms with Crippen LogP contribution >= 0.6 is 0 Å². The van der Waals surface area contributed by atoms with Crippen molar-refractivity contribution < 1.29 is 22.4 Å². The van der Waals surface area contributed by atoms with Gasteiger partial charge in [-0.2, -0.15) is 13.2 Å². The molecule has 1 aromatic heterocycles. The summed E-state index contributed by atoms with van der Waals surface area (Å²) >= 11 is 0. The number of rotatable bonds is 4. The molecule has 0 saturated carbocycles. The highest BCUT2D eigenvalue weighted by Gasteiger charge is 2.32. The molecule has 2 heterocycles. The Morgan fingerprint density at radius 2 is 1.84 bits per heavy atom. The van der Waals surface area contributed by atoms with Crippen molar-refractivity contribution in [2.24, 2.45) is 0 Å². The first-order valence-corrected chi connectivity index (χ1v) is 10.2. The quantitative estimate of drug-likeness (QED) is 0.503. The largest absolute Gasteiger partial charge is 0.416 e. The fraction of sp³-hybridized carbons (Fsp3) is 0.250. The molecule has 0 bridgehead atoms. The Kier molecular flexibility index (Phi) is 5.86. The van der Waals surface area contributed by atoms with Gasteiger partial charge in [-0.1, -0.05) is 6.07 Å². The fourth-order valence-electron chi connectivity index (χ4n) is 3.77. The number of pyridine rings is 1. The number of benzene rings is 2. The molecule has 32 heavy (non-hydrogen) atoms. The SMILES string of the molecule is CC(Nc1ccc(F)cc1)c1ccc2c(n1)CCCN2C(=O)c1cccc(C(F)(F)F)c1. The number of aromatic nitrogens is 1. The highest BCUT2D eigenvalue weighted by Crippen LogP contribution is 2.32. The van der Waals surface area contributed by atoms with Crippen LogP contribution in [-0.2, 0) is 12.6 Å². The number of fused-ring (bicyclic) bond motifs is 1. The molecule has 4 nitrogen and oxygen atoms in total. The van der Waals surface area contributed by atoms with Gasteiger partial charge in [-0.15, -0.1) is 0 Å². The van der Waals surface area contributed by atoms with Crippen molar-refractivity contribution in [3.63, 3.8) is 0 Å². The molecule has 0 saturated heterocycles. The van der Waals surface area contributed by atoms with Crippen LogP contribution in [0.5, 0.6) is 0 Å². The van der Waals surface area contributed by atoms with Crippen molar-refractivity contribution in [3.8, 4) is 0 Å². The number of anilines is 2. The van der Waals surface area contributed by atoms with E-state index < -0.39 is 17.6 Å². The first-order chi connectivity index (χ1) is 15.2. The maximum absolute atomic E-state index is 13.1. The standard InChI is InChI=1S/C24H21F4N3O/c1-15(29-19-9-7-18(25)8-10-19)20-11-12-22-21(30-20)6-3-13-31(22)23(32)16-4-2-5-17(14-16)24(26,27)28/h2,4-5,7-12,14-15,29H,3,6,13H2,1H3. The summed E-state index contributed by atoms with van der Waals surface area (Å²) in [4.78, 5) is 19.2. The molecule has 166 valence electrons. The number of hydrogen-bond donors (Lipinski definition) is 1. The maximum Gasteiger partial charge on any atom is 0.416 e. The van der Waals surface area contributed by atoms with Gasteiger partial charge in [-0.3, -0.25) is 9.78 Å². The van der Waals surface area contributed by atoms with E-state index in [1.54, 1.807) is 24.3 Å². The van der Waals surface area contributed by atoms with Gasteiger partial charge in [0.1, 0.15) is 5.82 Å². The molecule has 0 fully saturated rings. The summed E-state index contributed by atoms with van der Waals surface area (Å²) in [7, 11) is 0. The summed E-state index contributed by atoms with van der Waals surface area (Å²) in [6.45, 7) is 2.33. The molecule has 0 aliphatic carbocycles. The summed E-state index contributed by atoms with van der Waals surface area (Å²) in [6, 6.07) is 13.9. The Hall–Kier alpha value is -3.42. The Balaban J connectivity index is 1.57. The molecule has 1 aliphatic rings. The number of halogens is 4. The first kappa shape index (κ1) is 21.8. The van der Waals surface area contributed by atoms with Crippen molar-refractivity contribution in [3.05, 3.63) is 89.0 Å². The monoisotopic (exact) mass is 443 g/mol. The smallest absolute Gasteiger partial charge is 0.377 e. The van der Waals surface area contributed by atoms with Crippen LogP contribution in [0, 0.1) is 5.82 Å². The van der Waals surface area contributed by atoms with Gasteiger partial charge in [0, 0.05) is 17.8 Å².